The highest BCUT2D eigenvalue weighted by molar-refractivity contribution is 5.90. The van der Waals surface area contributed by atoms with Crippen LogP contribution in [0.2, 0.25) is 0 Å². The molecule has 8 heteroatoms. The summed E-state index contributed by atoms with van der Waals surface area (Å²) < 4.78 is 7.29. The van der Waals surface area contributed by atoms with Crippen LogP contribution in [0, 0.1) is 0 Å². The van der Waals surface area contributed by atoms with Crippen LogP contribution >= 0.6 is 0 Å². The number of nitrogens with two attached hydrogens (primary N) is 1. The summed E-state index contributed by atoms with van der Waals surface area (Å²) >= 11 is 0. The van der Waals surface area contributed by atoms with Crippen LogP contribution in [0.3, 0.4) is 0 Å². The Bertz CT molecular complexity index is 989. The maximum absolute atomic E-state index is 10.4. The third kappa shape index (κ3) is 3.27. The number of rotatable bonds is 5. The summed E-state index contributed by atoms with van der Waals surface area (Å²) in [5.41, 5.74) is 8.55. The van der Waals surface area contributed by atoms with Gasteiger partial charge in [-0.25, -0.2) is 9.97 Å². The van der Waals surface area contributed by atoms with E-state index in [0.29, 0.717) is 23.3 Å². The molecule has 2 aromatic heterocycles. The molecular weight excluding hydrogens is 360 g/mol. The molecule has 0 aliphatic carbocycles. The Hall–Kier alpha value is -2.78. The molecule has 0 spiro atoms. The summed E-state index contributed by atoms with van der Waals surface area (Å²) in [4.78, 5) is 8.37. The molecule has 4 atom stereocenters. The molecule has 1 aliphatic rings. The van der Waals surface area contributed by atoms with E-state index in [1.54, 1.807) is 10.8 Å². The van der Waals surface area contributed by atoms with Crippen molar-refractivity contribution in [3.63, 3.8) is 0 Å². The Kier molecular flexibility index (Phi) is 5.10. The van der Waals surface area contributed by atoms with Crippen molar-refractivity contribution >= 4 is 22.9 Å². The molecule has 0 amide bonds. The number of aliphatic hydroxyl groups is 3. The summed E-state index contributed by atoms with van der Waals surface area (Å²) in [5.74, 6) is 0.332. The molecule has 4 rings (SSSR count). The number of nitrogens with zero attached hydrogens (tertiary/aromatic N) is 3. The van der Waals surface area contributed by atoms with Gasteiger partial charge in [0.25, 0.3) is 0 Å². The molecule has 1 aromatic carbocycles. The molecule has 1 saturated heterocycles. The van der Waals surface area contributed by atoms with Crippen molar-refractivity contribution in [1.29, 1.82) is 0 Å². The van der Waals surface area contributed by atoms with Crippen molar-refractivity contribution in [2.45, 2.75) is 31.0 Å². The first-order chi connectivity index (χ1) is 13.6. The van der Waals surface area contributed by atoms with E-state index < -0.39 is 31.1 Å². The van der Waals surface area contributed by atoms with E-state index in [4.69, 9.17) is 10.5 Å². The van der Waals surface area contributed by atoms with E-state index >= 15 is 0 Å². The monoisotopic (exact) mass is 382 g/mol. The van der Waals surface area contributed by atoms with E-state index in [1.165, 1.54) is 6.33 Å². The largest absolute Gasteiger partial charge is 0.394 e. The van der Waals surface area contributed by atoms with Gasteiger partial charge in [0.1, 0.15) is 36.1 Å². The Morgan fingerprint density at radius 2 is 1.93 bits per heavy atom. The number of allylic oxidation sites excluding steroid dienone is 1. The second-order valence-electron chi connectivity index (χ2n) is 6.77. The summed E-state index contributed by atoms with van der Waals surface area (Å²) in [7, 11) is 0. The normalized spacial score (nSPS) is 25.1. The maximum atomic E-state index is 10.4. The van der Waals surface area contributed by atoms with Gasteiger partial charge in [0.05, 0.1) is 12.0 Å². The van der Waals surface area contributed by atoms with Crippen LogP contribution in [0.25, 0.3) is 17.1 Å². The number of aliphatic hydroxyl groups excluding tert-OH is 3. The highest BCUT2D eigenvalue weighted by Crippen LogP contribution is 2.34. The van der Waals surface area contributed by atoms with Gasteiger partial charge in [-0.05, 0) is 17.5 Å². The van der Waals surface area contributed by atoms with Crippen LogP contribution in [0.4, 0.5) is 5.82 Å². The lowest BCUT2D eigenvalue weighted by Gasteiger charge is -2.17. The molecule has 1 aliphatic heterocycles. The minimum atomic E-state index is -1.20. The summed E-state index contributed by atoms with van der Waals surface area (Å²) in [5, 5.41) is 30.5. The van der Waals surface area contributed by atoms with Crippen LogP contribution in [0.15, 0.2) is 48.9 Å². The smallest absolute Gasteiger partial charge is 0.164 e. The number of benzene rings is 1. The predicted molar refractivity (Wildman–Crippen MR) is 104 cm³/mol. The second-order valence-corrected chi connectivity index (χ2v) is 6.77. The van der Waals surface area contributed by atoms with Crippen molar-refractivity contribution in [3.05, 3.63) is 60.1 Å². The first-order valence-corrected chi connectivity index (χ1v) is 9.04. The zero-order valence-corrected chi connectivity index (χ0v) is 15.1. The lowest BCUT2D eigenvalue weighted by Crippen LogP contribution is -2.33. The van der Waals surface area contributed by atoms with Gasteiger partial charge in [-0.1, -0.05) is 42.5 Å². The van der Waals surface area contributed by atoms with Gasteiger partial charge in [-0.2, -0.15) is 0 Å². The lowest BCUT2D eigenvalue weighted by molar-refractivity contribution is -0.0509. The Balaban J connectivity index is 1.69. The Morgan fingerprint density at radius 1 is 1.14 bits per heavy atom. The minimum Gasteiger partial charge on any atom is -0.394 e. The van der Waals surface area contributed by atoms with Crippen molar-refractivity contribution in [2.24, 2.45) is 0 Å². The zero-order chi connectivity index (χ0) is 19.7. The molecule has 1 fully saturated rings. The van der Waals surface area contributed by atoms with E-state index in [9.17, 15) is 15.3 Å². The molecule has 0 bridgehead atoms. The molecule has 8 nitrogen and oxygen atoms in total. The Morgan fingerprint density at radius 3 is 2.64 bits per heavy atom. The van der Waals surface area contributed by atoms with Crippen molar-refractivity contribution < 1.29 is 20.1 Å². The topological polar surface area (TPSA) is 127 Å². The number of ether oxygens (including phenoxy) is 1. The highest BCUT2D eigenvalue weighted by atomic mass is 16.6. The number of nitrogen functional groups attached to an aromatic ring is 1. The van der Waals surface area contributed by atoms with Gasteiger partial charge < -0.3 is 30.4 Å². The van der Waals surface area contributed by atoms with Gasteiger partial charge in [-0.15, -0.1) is 0 Å². The molecule has 3 aromatic rings. The lowest BCUT2D eigenvalue weighted by atomic mass is 10.1. The average Bonchev–Trinajstić information content (AvgIpc) is 3.21. The predicted octanol–water partition coefficient (Wildman–Crippen LogP) is 0.881. The van der Waals surface area contributed by atoms with Crippen molar-refractivity contribution in [1.82, 2.24) is 14.5 Å². The first-order valence-electron chi connectivity index (χ1n) is 9.04. The first kappa shape index (κ1) is 18.6. The SMILES string of the molecule is Nc1ncnc2c1c(C/C=C/c1ccccc1)cn2[C@@H]1O[C@H](CO)[C@@H](O)[C@H]1O. The second kappa shape index (κ2) is 7.69. The van der Waals surface area contributed by atoms with Gasteiger partial charge in [-0.3, -0.25) is 0 Å². The van der Waals surface area contributed by atoms with Crippen LogP contribution in [-0.2, 0) is 11.2 Å². The quantitative estimate of drug-likeness (QED) is 0.516. The van der Waals surface area contributed by atoms with Crippen molar-refractivity contribution in [2.75, 3.05) is 12.3 Å². The summed E-state index contributed by atoms with van der Waals surface area (Å²) in [6, 6.07) is 9.93. The summed E-state index contributed by atoms with van der Waals surface area (Å²) in [6.07, 6.45) is 3.61. The molecule has 0 unspecified atom stereocenters. The van der Waals surface area contributed by atoms with E-state index in [-0.39, 0.29) is 0 Å². The zero-order valence-electron chi connectivity index (χ0n) is 15.1. The van der Waals surface area contributed by atoms with Gasteiger partial charge >= 0.3 is 0 Å². The van der Waals surface area contributed by atoms with Crippen LogP contribution < -0.4 is 5.73 Å². The van der Waals surface area contributed by atoms with Crippen molar-refractivity contribution in [3.8, 4) is 0 Å². The van der Waals surface area contributed by atoms with Gasteiger partial charge in [0.2, 0.25) is 0 Å². The van der Waals surface area contributed by atoms with E-state index in [0.717, 1.165) is 11.1 Å². The molecule has 0 radical (unpaired) electrons. The standard InChI is InChI=1S/C20H22N4O4/c21-18-15-13(8-4-7-12-5-2-1-3-6-12)9-24(19(15)23-11-22-18)20-17(27)16(26)14(10-25)28-20/h1-7,9,11,14,16-17,20,25-27H,8,10H2,(H2,21,22,23)/b7-4+/t14-,16-,17-,20-/m1/s1. The number of aromatic nitrogens is 3. The molecule has 5 N–H and O–H groups in total. The van der Waals surface area contributed by atoms with E-state index in [1.807, 2.05) is 42.5 Å². The third-order valence-electron chi connectivity index (χ3n) is 4.96. The Labute approximate surface area is 161 Å². The number of fused-ring (bicyclic) bond motifs is 1. The van der Waals surface area contributed by atoms with Crippen LogP contribution in [0.1, 0.15) is 17.4 Å². The van der Waals surface area contributed by atoms with Crippen LogP contribution in [-0.4, -0.2) is 54.8 Å². The molecule has 146 valence electrons. The fourth-order valence-electron chi connectivity index (χ4n) is 3.53. The number of anilines is 1. The molecule has 0 saturated carbocycles. The minimum absolute atomic E-state index is 0.332. The maximum Gasteiger partial charge on any atom is 0.164 e. The van der Waals surface area contributed by atoms with Gasteiger partial charge in [0, 0.05) is 6.20 Å². The van der Waals surface area contributed by atoms with E-state index in [2.05, 4.69) is 9.97 Å². The van der Waals surface area contributed by atoms with Crippen LogP contribution in [0.5, 0.6) is 0 Å². The molecular formula is C20H22N4O4. The number of hydrogen-bond acceptors (Lipinski definition) is 7. The average molecular weight is 382 g/mol. The molecule has 28 heavy (non-hydrogen) atoms. The van der Waals surface area contributed by atoms with Gasteiger partial charge in [0.15, 0.2) is 6.23 Å². The fourth-order valence-corrected chi connectivity index (χ4v) is 3.53. The fraction of sp³-hybridized carbons (Fsp3) is 0.300. The highest BCUT2D eigenvalue weighted by Gasteiger charge is 2.44. The molecule has 3 heterocycles. The third-order valence-corrected chi connectivity index (χ3v) is 4.96. The number of hydrogen-bond donors (Lipinski definition) is 4. The summed E-state index contributed by atoms with van der Waals surface area (Å²) in [6.45, 7) is -0.391.